The standard InChI is InChI=1S/C30H31N5O6S/c1-18(2)17-26(29(36)31-32-42(40,41)21-15-13-20(14-16-21)35(38)39)34-28(22-9-5-6-10-23(22)30(34)37)27-19(3)33(4)25-12-8-7-11-24(25)27/h5-16,18,26,28,32H,17H2,1-4H3,(H,31,36). The molecule has 218 valence electrons. The molecule has 2 unspecified atom stereocenters. The third-order valence-electron chi connectivity index (χ3n) is 7.72. The Kier molecular flexibility index (Phi) is 7.60. The number of rotatable bonds is 9. The first-order chi connectivity index (χ1) is 19.9. The van der Waals surface area contributed by atoms with Gasteiger partial charge >= 0.3 is 0 Å². The fourth-order valence-corrected chi connectivity index (χ4v) is 6.50. The quantitative estimate of drug-likeness (QED) is 0.219. The van der Waals surface area contributed by atoms with Crippen LogP contribution in [0.4, 0.5) is 5.69 Å². The maximum atomic E-state index is 14.0. The molecule has 2 heterocycles. The van der Waals surface area contributed by atoms with Crippen molar-refractivity contribution in [2.45, 2.75) is 44.2 Å². The largest absolute Gasteiger partial charge is 0.348 e. The third kappa shape index (κ3) is 5.03. The number of carbonyl (C=O) groups excluding carboxylic acids is 2. The van der Waals surface area contributed by atoms with Crippen LogP contribution in [0.2, 0.25) is 0 Å². The van der Waals surface area contributed by atoms with Crippen molar-refractivity contribution in [2.75, 3.05) is 0 Å². The molecule has 11 nitrogen and oxygen atoms in total. The average molecular weight is 590 g/mol. The lowest BCUT2D eigenvalue weighted by molar-refractivity contribution is -0.384. The van der Waals surface area contributed by atoms with E-state index >= 15 is 0 Å². The van der Waals surface area contributed by atoms with Crippen molar-refractivity contribution in [2.24, 2.45) is 13.0 Å². The predicted molar refractivity (Wildman–Crippen MR) is 157 cm³/mol. The lowest BCUT2D eigenvalue weighted by Gasteiger charge is -2.34. The highest BCUT2D eigenvalue weighted by atomic mass is 32.2. The summed E-state index contributed by atoms with van der Waals surface area (Å²) in [7, 11) is -2.30. The number of para-hydroxylation sites is 1. The summed E-state index contributed by atoms with van der Waals surface area (Å²) in [4.78, 5) is 41.5. The van der Waals surface area contributed by atoms with Crippen molar-refractivity contribution in [1.29, 1.82) is 0 Å². The molecule has 0 radical (unpaired) electrons. The minimum absolute atomic E-state index is 0.0159. The number of nitro benzene ring substituents is 1. The van der Waals surface area contributed by atoms with Gasteiger partial charge in [0.25, 0.3) is 27.5 Å². The number of fused-ring (bicyclic) bond motifs is 2. The zero-order valence-corrected chi connectivity index (χ0v) is 24.4. The number of carbonyl (C=O) groups is 2. The summed E-state index contributed by atoms with van der Waals surface area (Å²) in [6.45, 7) is 5.83. The maximum Gasteiger partial charge on any atom is 0.269 e. The molecule has 0 saturated heterocycles. The van der Waals surface area contributed by atoms with E-state index in [2.05, 4.69) is 14.8 Å². The minimum atomic E-state index is -4.26. The van der Waals surface area contributed by atoms with Gasteiger partial charge in [0.05, 0.1) is 15.9 Å². The number of amides is 2. The van der Waals surface area contributed by atoms with Crippen LogP contribution in [0.3, 0.4) is 0 Å². The van der Waals surface area contributed by atoms with Gasteiger partial charge in [-0.2, -0.15) is 0 Å². The summed E-state index contributed by atoms with van der Waals surface area (Å²) in [5.41, 5.74) is 6.14. The van der Waals surface area contributed by atoms with Gasteiger partial charge in [-0.15, -0.1) is 4.83 Å². The second-order valence-electron chi connectivity index (χ2n) is 10.8. The van der Waals surface area contributed by atoms with Crippen molar-refractivity contribution in [1.82, 2.24) is 19.7 Å². The van der Waals surface area contributed by atoms with Gasteiger partial charge in [0, 0.05) is 46.9 Å². The Balaban J connectivity index is 1.53. The molecule has 2 amide bonds. The van der Waals surface area contributed by atoms with Gasteiger partial charge in [-0.1, -0.05) is 50.2 Å². The summed E-state index contributed by atoms with van der Waals surface area (Å²) in [5.74, 6) is -1.03. The second-order valence-corrected chi connectivity index (χ2v) is 12.5. The number of hydrazine groups is 1. The predicted octanol–water partition coefficient (Wildman–Crippen LogP) is 4.36. The number of aryl methyl sites for hydroxylation is 1. The lowest BCUT2D eigenvalue weighted by Crippen LogP contribution is -2.53. The lowest BCUT2D eigenvalue weighted by atomic mass is 9.93. The molecule has 0 bridgehead atoms. The first kappa shape index (κ1) is 29.0. The van der Waals surface area contributed by atoms with Gasteiger partial charge in [-0.3, -0.25) is 25.1 Å². The molecule has 1 aliphatic heterocycles. The number of nitrogens with zero attached hydrogens (tertiary/aromatic N) is 3. The molecule has 0 saturated carbocycles. The monoisotopic (exact) mass is 589 g/mol. The average Bonchev–Trinajstić information content (AvgIpc) is 3.39. The van der Waals surface area contributed by atoms with Crippen LogP contribution in [0.15, 0.2) is 77.7 Å². The van der Waals surface area contributed by atoms with Gasteiger partial charge in [-0.25, -0.2) is 8.42 Å². The van der Waals surface area contributed by atoms with E-state index in [1.54, 1.807) is 17.0 Å². The molecule has 1 aromatic heterocycles. The highest BCUT2D eigenvalue weighted by Crippen LogP contribution is 2.45. The molecule has 3 aromatic carbocycles. The molecule has 0 aliphatic carbocycles. The number of nitrogens with one attached hydrogen (secondary N) is 2. The molecule has 0 fully saturated rings. The van der Waals surface area contributed by atoms with Gasteiger partial charge in [0.1, 0.15) is 6.04 Å². The molecule has 42 heavy (non-hydrogen) atoms. The van der Waals surface area contributed by atoms with Crippen molar-refractivity contribution >= 4 is 38.4 Å². The van der Waals surface area contributed by atoms with E-state index in [0.717, 1.165) is 52.0 Å². The SMILES string of the molecule is Cc1c(C2c3ccccc3C(=O)N2C(CC(C)C)C(=O)NNS(=O)(=O)c2ccc([N+](=O)[O-])cc2)c2ccccc2n1C. The van der Waals surface area contributed by atoms with Crippen LogP contribution in [-0.4, -0.2) is 40.7 Å². The number of hydrogen-bond acceptors (Lipinski definition) is 6. The van der Waals surface area contributed by atoms with Crippen molar-refractivity contribution in [3.05, 3.63) is 105 Å². The molecule has 4 aromatic rings. The van der Waals surface area contributed by atoms with E-state index in [4.69, 9.17) is 0 Å². The van der Waals surface area contributed by atoms with Gasteiger partial charge in [-0.05, 0) is 49.1 Å². The molecule has 12 heteroatoms. The second kappa shape index (κ2) is 11.0. The van der Waals surface area contributed by atoms with E-state index in [9.17, 15) is 28.1 Å². The van der Waals surface area contributed by atoms with Crippen LogP contribution in [0.1, 0.15) is 53.5 Å². The van der Waals surface area contributed by atoms with Crippen LogP contribution < -0.4 is 10.3 Å². The van der Waals surface area contributed by atoms with Crippen LogP contribution in [-0.2, 0) is 21.9 Å². The summed E-state index contributed by atoms with van der Waals surface area (Å²) in [5, 5.41) is 11.9. The van der Waals surface area contributed by atoms with Crippen LogP contribution >= 0.6 is 0 Å². The zero-order chi connectivity index (χ0) is 30.3. The van der Waals surface area contributed by atoms with Crippen LogP contribution in [0, 0.1) is 23.0 Å². The van der Waals surface area contributed by atoms with Gasteiger partial charge < -0.3 is 9.47 Å². The molecular weight excluding hydrogens is 558 g/mol. The summed E-state index contributed by atoms with van der Waals surface area (Å²) >= 11 is 0. The number of benzene rings is 3. The fraction of sp³-hybridized carbons (Fsp3) is 0.267. The topological polar surface area (TPSA) is 144 Å². The number of nitro groups is 1. The van der Waals surface area contributed by atoms with E-state index < -0.39 is 32.9 Å². The Morgan fingerprint density at radius 3 is 2.33 bits per heavy atom. The molecule has 0 spiro atoms. The normalized spacial score (nSPS) is 15.7. The molecular formula is C30H31N5O6S. The van der Waals surface area contributed by atoms with E-state index in [1.165, 1.54) is 0 Å². The van der Waals surface area contributed by atoms with E-state index in [0.29, 0.717) is 5.56 Å². The molecule has 2 atom stereocenters. The first-order valence-electron chi connectivity index (χ1n) is 13.4. The molecule has 1 aliphatic rings. The number of sulfonamides is 1. The first-order valence-corrected chi connectivity index (χ1v) is 14.9. The Hall–Kier alpha value is -4.55. The number of aromatic nitrogens is 1. The summed E-state index contributed by atoms with van der Waals surface area (Å²) in [6, 6.07) is 17.8. The molecule has 5 rings (SSSR count). The Morgan fingerprint density at radius 1 is 1.02 bits per heavy atom. The Labute approximate surface area is 243 Å². The Morgan fingerprint density at radius 2 is 1.67 bits per heavy atom. The van der Waals surface area contributed by atoms with Crippen molar-refractivity contribution in [3.8, 4) is 0 Å². The minimum Gasteiger partial charge on any atom is -0.348 e. The van der Waals surface area contributed by atoms with Crippen LogP contribution in [0.25, 0.3) is 10.9 Å². The van der Waals surface area contributed by atoms with Crippen LogP contribution in [0.5, 0.6) is 0 Å². The van der Waals surface area contributed by atoms with Gasteiger partial charge in [0.15, 0.2) is 0 Å². The van der Waals surface area contributed by atoms with E-state index in [-0.39, 0.29) is 28.8 Å². The molecule has 2 N–H and O–H groups in total. The van der Waals surface area contributed by atoms with E-state index in [1.807, 2.05) is 64.2 Å². The highest BCUT2D eigenvalue weighted by Gasteiger charge is 2.45. The number of non-ortho nitro benzene ring substituents is 1. The Bertz CT molecular complexity index is 1810. The summed E-state index contributed by atoms with van der Waals surface area (Å²) in [6.07, 6.45) is 0.269. The maximum absolute atomic E-state index is 14.0. The van der Waals surface area contributed by atoms with Crippen molar-refractivity contribution < 1.29 is 22.9 Å². The fourth-order valence-electron chi connectivity index (χ4n) is 5.65. The highest BCUT2D eigenvalue weighted by molar-refractivity contribution is 7.89. The van der Waals surface area contributed by atoms with Crippen molar-refractivity contribution in [3.63, 3.8) is 0 Å². The summed E-state index contributed by atoms with van der Waals surface area (Å²) < 4.78 is 27.9. The smallest absolute Gasteiger partial charge is 0.269 e. The van der Waals surface area contributed by atoms with Gasteiger partial charge in [0.2, 0.25) is 0 Å². The zero-order valence-electron chi connectivity index (χ0n) is 23.6. The third-order valence-corrected chi connectivity index (χ3v) is 8.98. The number of hydrogen-bond donors (Lipinski definition) is 2.